The van der Waals surface area contributed by atoms with Gasteiger partial charge in [-0.25, -0.2) is 9.97 Å². The van der Waals surface area contributed by atoms with E-state index < -0.39 is 0 Å². The molecule has 1 aromatic heterocycles. The van der Waals surface area contributed by atoms with E-state index in [1.54, 1.807) is 12.1 Å². The molecule has 0 bridgehead atoms. The number of carbonyl (C=O) groups excluding carboxylic acids is 2. The van der Waals surface area contributed by atoms with E-state index in [9.17, 15) is 9.59 Å². The minimum atomic E-state index is -0.322. The van der Waals surface area contributed by atoms with Gasteiger partial charge in [-0.3, -0.25) is 9.59 Å². The quantitative estimate of drug-likeness (QED) is 0.643. The Labute approximate surface area is 156 Å². The third-order valence-corrected chi connectivity index (χ3v) is 3.67. The summed E-state index contributed by atoms with van der Waals surface area (Å²) in [6.07, 6.45) is 2.91. The van der Waals surface area contributed by atoms with Gasteiger partial charge in [-0.2, -0.15) is 0 Å². The second kappa shape index (κ2) is 8.09. The van der Waals surface area contributed by atoms with E-state index in [-0.39, 0.29) is 17.5 Å². The van der Waals surface area contributed by atoms with Crippen LogP contribution in [0.1, 0.15) is 23.0 Å². The van der Waals surface area contributed by atoms with E-state index in [1.807, 2.05) is 43.3 Å². The Morgan fingerprint density at radius 3 is 1.96 bits per heavy atom. The number of aromatic nitrogens is 2. The molecule has 0 spiro atoms. The van der Waals surface area contributed by atoms with Crippen molar-refractivity contribution in [1.82, 2.24) is 9.97 Å². The fraction of sp³-hybridized carbons (Fsp3) is 0.100. The number of nitrogens with zero attached hydrogens (tertiary/aromatic N) is 2. The van der Waals surface area contributed by atoms with Crippen molar-refractivity contribution in [3.05, 3.63) is 72.2 Å². The largest absolute Gasteiger partial charge is 0.339 e. The van der Waals surface area contributed by atoms with Crippen LogP contribution in [0.4, 0.5) is 22.9 Å². The topological polar surface area (TPSA) is 96.0 Å². The van der Waals surface area contributed by atoms with Crippen molar-refractivity contribution < 1.29 is 9.59 Å². The highest BCUT2D eigenvalue weighted by atomic mass is 16.2. The van der Waals surface area contributed by atoms with Crippen LogP contribution < -0.4 is 16.0 Å². The van der Waals surface area contributed by atoms with Crippen molar-refractivity contribution >= 4 is 34.7 Å². The number of nitrogens with one attached hydrogen (secondary N) is 3. The molecule has 3 aromatic rings. The number of anilines is 4. The van der Waals surface area contributed by atoms with Crippen LogP contribution in [-0.2, 0) is 4.79 Å². The molecule has 3 N–H and O–H groups in total. The summed E-state index contributed by atoms with van der Waals surface area (Å²) in [7, 11) is 0. The maximum atomic E-state index is 12.2. The molecule has 3 rings (SSSR count). The highest BCUT2D eigenvalue weighted by molar-refractivity contribution is 6.02. The summed E-state index contributed by atoms with van der Waals surface area (Å²) in [6.45, 7) is 3.44. The molecule has 0 aliphatic rings. The van der Waals surface area contributed by atoms with Crippen LogP contribution >= 0.6 is 0 Å². The highest BCUT2D eigenvalue weighted by Crippen LogP contribution is 2.17. The minimum Gasteiger partial charge on any atom is -0.339 e. The number of aryl methyl sites for hydroxylation is 1. The average Bonchev–Trinajstić information content (AvgIpc) is 2.65. The summed E-state index contributed by atoms with van der Waals surface area (Å²) >= 11 is 0. The molecule has 7 nitrogen and oxygen atoms in total. The predicted molar refractivity (Wildman–Crippen MR) is 105 cm³/mol. The third kappa shape index (κ3) is 5.12. The Bertz CT molecular complexity index is 936. The standard InChI is InChI=1S/C20H19N5O2/c1-13-3-5-17(6-4-13)25-20(27)18-11-22-19(12-21-18)24-16-9-7-15(8-10-16)23-14(2)26/h3-12H,1-2H3,(H,22,24)(H,23,26)(H,25,27). The highest BCUT2D eigenvalue weighted by Gasteiger charge is 2.08. The van der Waals surface area contributed by atoms with Gasteiger partial charge >= 0.3 is 0 Å². The van der Waals surface area contributed by atoms with E-state index in [0.717, 1.165) is 11.3 Å². The van der Waals surface area contributed by atoms with Gasteiger partial charge in [-0.15, -0.1) is 0 Å². The van der Waals surface area contributed by atoms with E-state index in [1.165, 1.54) is 19.3 Å². The van der Waals surface area contributed by atoms with Crippen LogP contribution in [-0.4, -0.2) is 21.8 Å². The lowest BCUT2D eigenvalue weighted by atomic mass is 10.2. The summed E-state index contributed by atoms with van der Waals surface area (Å²) in [5, 5.41) is 8.57. The van der Waals surface area contributed by atoms with Gasteiger partial charge in [-0.1, -0.05) is 17.7 Å². The molecule has 0 aliphatic carbocycles. The number of hydrogen-bond acceptors (Lipinski definition) is 5. The normalized spacial score (nSPS) is 10.1. The molecular formula is C20H19N5O2. The molecule has 0 atom stereocenters. The van der Waals surface area contributed by atoms with Crippen molar-refractivity contribution in [2.45, 2.75) is 13.8 Å². The number of carbonyl (C=O) groups is 2. The molecule has 27 heavy (non-hydrogen) atoms. The first kappa shape index (κ1) is 18.1. The molecule has 0 aliphatic heterocycles. The fourth-order valence-corrected chi connectivity index (χ4v) is 2.33. The summed E-state index contributed by atoms with van der Waals surface area (Å²) < 4.78 is 0. The Morgan fingerprint density at radius 1 is 0.778 bits per heavy atom. The summed E-state index contributed by atoms with van der Waals surface area (Å²) in [5.41, 5.74) is 3.54. The minimum absolute atomic E-state index is 0.124. The molecule has 0 fully saturated rings. The predicted octanol–water partition coefficient (Wildman–Crippen LogP) is 3.74. The maximum absolute atomic E-state index is 12.2. The monoisotopic (exact) mass is 361 g/mol. The van der Waals surface area contributed by atoms with Crippen LogP contribution in [0.5, 0.6) is 0 Å². The van der Waals surface area contributed by atoms with Crippen molar-refractivity contribution in [2.24, 2.45) is 0 Å². The first-order valence-electron chi connectivity index (χ1n) is 8.34. The summed E-state index contributed by atoms with van der Waals surface area (Å²) in [4.78, 5) is 31.6. The summed E-state index contributed by atoms with van der Waals surface area (Å²) in [6, 6.07) is 14.7. The molecule has 0 saturated carbocycles. The molecule has 0 radical (unpaired) electrons. The van der Waals surface area contributed by atoms with Gasteiger partial charge < -0.3 is 16.0 Å². The van der Waals surface area contributed by atoms with Gasteiger partial charge in [0.15, 0.2) is 0 Å². The second-order valence-corrected chi connectivity index (χ2v) is 5.99. The molecule has 0 saturated heterocycles. The lowest BCUT2D eigenvalue weighted by Crippen LogP contribution is -2.14. The molecule has 1 heterocycles. The van der Waals surface area contributed by atoms with Gasteiger partial charge in [-0.05, 0) is 43.3 Å². The first-order chi connectivity index (χ1) is 13.0. The zero-order chi connectivity index (χ0) is 19.2. The summed E-state index contributed by atoms with van der Waals surface area (Å²) in [5.74, 6) is 0.0628. The first-order valence-corrected chi connectivity index (χ1v) is 8.34. The molecule has 2 aromatic carbocycles. The zero-order valence-electron chi connectivity index (χ0n) is 15.0. The number of benzene rings is 2. The van der Waals surface area contributed by atoms with Crippen molar-refractivity contribution in [3.63, 3.8) is 0 Å². The molecular weight excluding hydrogens is 342 g/mol. The maximum Gasteiger partial charge on any atom is 0.275 e. The number of hydrogen-bond donors (Lipinski definition) is 3. The van der Waals surface area contributed by atoms with Crippen LogP contribution in [0.3, 0.4) is 0 Å². The van der Waals surface area contributed by atoms with Gasteiger partial charge in [0.1, 0.15) is 11.5 Å². The van der Waals surface area contributed by atoms with Crippen LogP contribution in [0.15, 0.2) is 60.9 Å². The zero-order valence-corrected chi connectivity index (χ0v) is 15.0. The van der Waals surface area contributed by atoms with Crippen LogP contribution in [0.2, 0.25) is 0 Å². The molecule has 2 amide bonds. The molecule has 136 valence electrons. The SMILES string of the molecule is CC(=O)Nc1ccc(Nc2cnc(C(=O)Nc3ccc(C)cc3)cn2)cc1. The van der Waals surface area contributed by atoms with Gasteiger partial charge in [0.2, 0.25) is 5.91 Å². The lowest BCUT2D eigenvalue weighted by molar-refractivity contribution is -0.114. The smallest absolute Gasteiger partial charge is 0.275 e. The number of amides is 2. The molecule has 7 heteroatoms. The van der Waals surface area contributed by atoms with E-state index in [4.69, 9.17) is 0 Å². The van der Waals surface area contributed by atoms with E-state index in [0.29, 0.717) is 17.2 Å². The van der Waals surface area contributed by atoms with Gasteiger partial charge in [0.05, 0.1) is 12.4 Å². The number of rotatable bonds is 5. The van der Waals surface area contributed by atoms with E-state index in [2.05, 4.69) is 25.9 Å². The van der Waals surface area contributed by atoms with Crippen molar-refractivity contribution in [1.29, 1.82) is 0 Å². The van der Waals surface area contributed by atoms with Crippen molar-refractivity contribution in [2.75, 3.05) is 16.0 Å². The third-order valence-electron chi connectivity index (χ3n) is 3.67. The Hall–Kier alpha value is -3.74. The van der Waals surface area contributed by atoms with E-state index >= 15 is 0 Å². The van der Waals surface area contributed by atoms with Crippen LogP contribution in [0, 0.1) is 6.92 Å². The van der Waals surface area contributed by atoms with Gasteiger partial charge in [0.25, 0.3) is 5.91 Å². The second-order valence-electron chi connectivity index (χ2n) is 5.99. The Balaban J connectivity index is 1.61. The Morgan fingerprint density at radius 2 is 1.37 bits per heavy atom. The van der Waals surface area contributed by atoms with Crippen molar-refractivity contribution in [3.8, 4) is 0 Å². The average molecular weight is 361 g/mol. The molecule has 0 unspecified atom stereocenters. The lowest BCUT2D eigenvalue weighted by Gasteiger charge is -2.08. The Kier molecular flexibility index (Phi) is 5.41. The van der Waals surface area contributed by atoms with Crippen LogP contribution in [0.25, 0.3) is 0 Å². The van der Waals surface area contributed by atoms with Gasteiger partial charge in [0, 0.05) is 24.0 Å². The fourth-order valence-electron chi connectivity index (χ4n) is 2.33.